The van der Waals surface area contributed by atoms with Crippen molar-refractivity contribution in [1.82, 2.24) is 9.13 Å². The zero-order valence-corrected chi connectivity index (χ0v) is 32.0. The Morgan fingerprint density at radius 1 is 0.456 bits per heavy atom. The molecule has 0 radical (unpaired) electrons. The fourth-order valence-electron chi connectivity index (χ4n) is 9.46. The van der Waals surface area contributed by atoms with Crippen LogP contribution in [-0.4, -0.2) is 9.13 Å². The van der Waals surface area contributed by atoms with Crippen LogP contribution < -0.4 is 0 Å². The Hall–Kier alpha value is -6.94. The average molecular weight is 745 g/mol. The van der Waals surface area contributed by atoms with Gasteiger partial charge in [0.15, 0.2) is 0 Å². The van der Waals surface area contributed by atoms with Crippen molar-refractivity contribution in [2.75, 3.05) is 0 Å². The average Bonchev–Trinajstić information content (AvgIpc) is 3.94. The lowest BCUT2D eigenvalue weighted by Gasteiger charge is -2.19. The molecule has 0 amide bonds. The Morgan fingerprint density at radius 3 is 1.95 bits per heavy atom. The number of hydrogen-bond acceptors (Lipinski definition) is 1. The fraction of sp³-hybridized carbons (Fsp3) is 0.0370. The summed E-state index contributed by atoms with van der Waals surface area (Å²) in [5.74, 6) is 0.337. The van der Waals surface area contributed by atoms with Crippen LogP contribution >= 0.6 is 11.3 Å². The van der Waals surface area contributed by atoms with E-state index < -0.39 is 0 Å². The van der Waals surface area contributed by atoms with Crippen molar-refractivity contribution in [2.45, 2.75) is 12.3 Å². The van der Waals surface area contributed by atoms with Crippen molar-refractivity contribution in [3.63, 3.8) is 0 Å². The fourth-order valence-corrected chi connectivity index (χ4v) is 10.7. The van der Waals surface area contributed by atoms with Crippen molar-refractivity contribution in [2.24, 2.45) is 0 Å². The second-order valence-corrected chi connectivity index (χ2v) is 16.3. The molecule has 0 fully saturated rings. The van der Waals surface area contributed by atoms with E-state index in [4.69, 9.17) is 0 Å². The number of thiophene rings is 1. The number of para-hydroxylation sites is 4. The van der Waals surface area contributed by atoms with E-state index in [2.05, 4.69) is 209 Å². The zero-order chi connectivity index (χ0) is 37.5. The van der Waals surface area contributed by atoms with Gasteiger partial charge >= 0.3 is 0 Å². The molecule has 8 aromatic carbocycles. The van der Waals surface area contributed by atoms with Gasteiger partial charge in [0.2, 0.25) is 0 Å². The van der Waals surface area contributed by atoms with E-state index in [9.17, 15) is 0 Å². The van der Waals surface area contributed by atoms with Crippen LogP contribution in [0.15, 0.2) is 200 Å². The van der Waals surface area contributed by atoms with Crippen LogP contribution in [0, 0.1) is 0 Å². The molecule has 0 spiro atoms. The molecule has 1 aliphatic carbocycles. The largest absolute Gasteiger partial charge is 0.309 e. The topological polar surface area (TPSA) is 9.86 Å². The first-order chi connectivity index (χ1) is 28.3. The Bertz CT molecular complexity index is 3430. The summed E-state index contributed by atoms with van der Waals surface area (Å²) in [6.07, 6.45) is 8.21. The minimum atomic E-state index is 0.337. The normalized spacial score (nSPS) is 14.5. The highest BCUT2D eigenvalue weighted by Gasteiger charge is 2.22. The second kappa shape index (κ2) is 12.8. The number of fused-ring (bicyclic) bond motifs is 9. The number of allylic oxidation sites excluding steroid dienone is 4. The summed E-state index contributed by atoms with van der Waals surface area (Å²) in [6.45, 7) is 0. The molecule has 1 atom stereocenters. The van der Waals surface area contributed by atoms with E-state index in [-0.39, 0.29) is 0 Å². The lowest BCUT2D eigenvalue weighted by molar-refractivity contribution is 0.857. The van der Waals surface area contributed by atoms with Gasteiger partial charge < -0.3 is 9.13 Å². The number of hydrogen-bond donors (Lipinski definition) is 0. The lowest BCUT2D eigenvalue weighted by Crippen LogP contribution is -2.00. The second-order valence-electron chi connectivity index (χ2n) is 15.2. The van der Waals surface area contributed by atoms with Gasteiger partial charge in [0.25, 0.3) is 0 Å². The number of benzene rings is 8. The first-order valence-electron chi connectivity index (χ1n) is 19.8. The van der Waals surface area contributed by atoms with Gasteiger partial charge in [-0.15, -0.1) is 11.3 Å². The predicted octanol–water partition coefficient (Wildman–Crippen LogP) is 15.0. The quantitative estimate of drug-likeness (QED) is 0.166. The van der Waals surface area contributed by atoms with E-state index in [1.54, 1.807) is 0 Å². The van der Waals surface area contributed by atoms with Crippen LogP contribution in [-0.2, 0) is 0 Å². The smallest absolute Gasteiger partial charge is 0.0619 e. The van der Waals surface area contributed by atoms with Crippen molar-refractivity contribution in [1.29, 1.82) is 0 Å². The third kappa shape index (κ3) is 5.02. The standard InChI is InChI=1S/C54H36N2S/c1-3-15-35(16-4-1)36-17-13-18-37(31-36)47-33-40(34-48-45-23-9-12-28-52(45)57-54(47)48)55-49-26-10-7-21-42(49)44-30-29-38(32-51(44)55)41-24-14-25-46-43-22-8-11-27-50(43)56(53(41)46)39-19-5-2-6-20-39/h1-16,18-34,36H,17H2. The Balaban J connectivity index is 1.13. The monoisotopic (exact) mass is 744 g/mol. The summed E-state index contributed by atoms with van der Waals surface area (Å²) in [4.78, 5) is 0. The molecule has 0 aliphatic heterocycles. The summed E-state index contributed by atoms with van der Waals surface area (Å²) in [5.41, 5.74) is 13.5. The predicted molar refractivity (Wildman–Crippen MR) is 244 cm³/mol. The van der Waals surface area contributed by atoms with E-state index >= 15 is 0 Å². The highest BCUT2D eigenvalue weighted by atomic mass is 32.1. The molecule has 3 heteroatoms. The van der Waals surface area contributed by atoms with Crippen LogP contribution in [0.5, 0.6) is 0 Å². The van der Waals surface area contributed by atoms with Gasteiger partial charge in [0, 0.05) is 70.1 Å². The molecule has 12 rings (SSSR count). The number of aromatic nitrogens is 2. The third-order valence-corrected chi connectivity index (χ3v) is 13.2. The minimum Gasteiger partial charge on any atom is -0.309 e. The first-order valence-corrected chi connectivity index (χ1v) is 20.6. The molecule has 11 aromatic rings. The zero-order valence-electron chi connectivity index (χ0n) is 31.1. The first kappa shape index (κ1) is 32.3. The van der Waals surface area contributed by atoms with Gasteiger partial charge in [-0.3, -0.25) is 0 Å². The molecular weight excluding hydrogens is 709 g/mol. The summed E-state index contributed by atoms with van der Waals surface area (Å²) in [6, 6.07) is 67.1. The summed E-state index contributed by atoms with van der Waals surface area (Å²) < 4.78 is 7.61. The van der Waals surface area contributed by atoms with Gasteiger partial charge in [-0.2, -0.15) is 0 Å². The Morgan fingerprint density at radius 2 is 1.12 bits per heavy atom. The molecule has 57 heavy (non-hydrogen) atoms. The maximum absolute atomic E-state index is 2.51. The van der Waals surface area contributed by atoms with Crippen LogP contribution in [0.2, 0.25) is 0 Å². The van der Waals surface area contributed by atoms with Crippen molar-refractivity contribution < 1.29 is 0 Å². The summed E-state index contributed by atoms with van der Waals surface area (Å²) in [5, 5.41) is 7.64. The molecule has 3 heterocycles. The molecule has 268 valence electrons. The van der Waals surface area contributed by atoms with E-state index in [0.29, 0.717) is 5.92 Å². The highest BCUT2D eigenvalue weighted by molar-refractivity contribution is 7.26. The van der Waals surface area contributed by atoms with Crippen LogP contribution in [0.1, 0.15) is 23.5 Å². The molecule has 0 N–H and O–H groups in total. The van der Waals surface area contributed by atoms with Crippen LogP contribution in [0.3, 0.4) is 0 Å². The van der Waals surface area contributed by atoms with Crippen molar-refractivity contribution in [3.8, 4) is 22.5 Å². The van der Waals surface area contributed by atoms with E-state index in [0.717, 1.165) is 12.1 Å². The summed E-state index contributed by atoms with van der Waals surface area (Å²) >= 11 is 1.91. The third-order valence-electron chi connectivity index (χ3n) is 12.0. The van der Waals surface area contributed by atoms with Crippen LogP contribution in [0.4, 0.5) is 0 Å². The van der Waals surface area contributed by atoms with Gasteiger partial charge in [-0.1, -0.05) is 152 Å². The lowest BCUT2D eigenvalue weighted by atomic mass is 9.87. The molecule has 0 saturated carbocycles. The van der Waals surface area contributed by atoms with Gasteiger partial charge in [-0.25, -0.2) is 0 Å². The molecule has 0 saturated heterocycles. The SMILES string of the molecule is C1=CC(c2cc(-n3c4ccccc4c4ccc(-c5cccc6c7ccccc7n(-c7ccccc7)c56)cc43)cc3c2sc2ccccc23)=CC(c2ccccc2)C1. The molecule has 1 unspecified atom stereocenters. The maximum Gasteiger partial charge on any atom is 0.0619 e. The van der Waals surface area contributed by atoms with Gasteiger partial charge in [0.05, 0.1) is 22.1 Å². The summed E-state index contributed by atoms with van der Waals surface area (Å²) in [7, 11) is 0. The van der Waals surface area contributed by atoms with Crippen LogP contribution in [0.25, 0.3) is 91.9 Å². The maximum atomic E-state index is 2.51. The van der Waals surface area contributed by atoms with Crippen molar-refractivity contribution >= 4 is 80.7 Å². The highest BCUT2D eigenvalue weighted by Crippen LogP contribution is 2.45. The molecule has 2 nitrogen and oxygen atoms in total. The molecular formula is C54H36N2S. The van der Waals surface area contributed by atoms with Gasteiger partial charge in [-0.05, 0) is 71.7 Å². The Labute approximate surface area is 334 Å². The number of nitrogens with zero attached hydrogens (tertiary/aromatic N) is 2. The Kier molecular flexibility index (Phi) is 7.26. The minimum absolute atomic E-state index is 0.337. The van der Waals surface area contributed by atoms with Gasteiger partial charge in [0.1, 0.15) is 0 Å². The van der Waals surface area contributed by atoms with E-state index in [1.807, 2.05) is 11.3 Å². The molecule has 1 aliphatic rings. The van der Waals surface area contributed by atoms with Crippen molar-refractivity contribution in [3.05, 3.63) is 211 Å². The molecule has 3 aromatic heterocycles. The molecule has 0 bridgehead atoms. The van der Waals surface area contributed by atoms with E-state index in [1.165, 1.54) is 97.3 Å². The number of rotatable bonds is 5.